The van der Waals surface area contributed by atoms with Crippen molar-refractivity contribution in [2.24, 2.45) is 0 Å². The van der Waals surface area contributed by atoms with Crippen LogP contribution in [0.1, 0.15) is 0 Å². The van der Waals surface area contributed by atoms with Crippen LogP contribution in [0, 0.1) is 0 Å². The number of nitrogens with one attached hydrogen (secondary N) is 1. The smallest absolute Gasteiger partial charge is 0.263 e. The molecule has 0 radical (unpaired) electrons. The first-order valence-electron chi connectivity index (χ1n) is 5.08. The Morgan fingerprint density at radius 1 is 1.15 bits per heavy atom. The van der Waals surface area contributed by atoms with Crippen LogP contribution in [0.5, 0.6) is 0 Å². The summed E-state index contributed by atoms with van der Waals surface area (Å²) < 4.78 is 28.0. The second-order valence-electron chi connectivity index (χ2n) is 3.68. The third kappa shape index (κ3) is 3.65. The van der Waals surface area contributed by atoms with Crippen LogP contribution in [0.2, 0.25) is 10.2 Å². The van der Waals surface area contributed by atoms with E-state index in [0.29, 0.717) is 8.95 Å². The molecule has 20 heavy (non-hydrogen) atoms. The summed E-state index contributed by atoms with van der Waals surface area (Å²) in [7, 11) is -3.80. The Morgan fingerprint density at radius 2 is 1.85 bits per heavy atom. The van der Waals surface area contributed by atoms with Gasteiger partial charge in [-0.1, -0.05) is 39.1 Å². The molecule has 0 saturated carbocycles. The minimum Gasteiger partial charge on any atom is -0.278 e. The lowest BCUT2D eigenvalue weighted by atomic mass is 10.4. The predicted molar refractivity (Wildman–Crippen MR) is 86.9 cm³/mol. The molecule has 9 heteroatoms. The Balaban J connectivity index is 2.38. The molecule has 0 atom stereocenters. The highest BCUT2D eigenvalue weighted by molar-refractivity contribution is 9.10. The van der Waals surface area contributed by atoms with Crippen LogP contribution in [0.3, 0.4) is 0 Å². The third-order valence-electron chi connectivity index (χ3n) is 2.23. The van der Waals surface area contributed by atoms with Crippen LogP contribution in [-0.4, -0.2) is 13.4 Å². The lowest BCUT2D eigenvalue weighted by molar-refractivity contribution is 0.601. The zero-order valence-corrected chi connectivity index (χ0v) is 15.1. The molecule has 2 aromatic rings. The number of aromatic nitrogens is 1. The summed E-state index contributed by atoms with van der Waals surface area (Å²) in [6.07, 6.45) is 1.32. The quantitative estimate of drug-likeness (QED) is 0.674. The Bertz CT molecular complexity index is 769. The lowest BCUT2D eigenvalue weighted by Gasteiger charge is -2.10. The second-order valence-corrected chi connectivity index (χ2v) is 7.86. The number of sulfonamides is 1. The molecule has 0 aliphatic heterocycles. The molecular weight excluding hydrogens is 455 g/mol. The lowest BCUT2D eigenvalue weighted by Crippen LogP contribution is -2.13. The van der Waals surface area contributed by atoms with Gasteiger partial charge in [-0.2, -0.15) is 0 Å². The molecule has 0 aliphatic rings. The number of benzene rings is 1. The van der Waals surface area contributed by atoms with Gasteiger partial charge in [0, 0.05) is 4.47 Å². The first-order valence-corrected chi connectivity index (χ1v) is 8.91. The number of nitrogens with zero attached hydrogens (tertiary/aromatic N) is 1. The molecule has 0 unspecified atom stereocenters. The number of rotatable bonds is 3. The van der Waals surface area contributed by atoms with Crippen molar-refractivity contribution in [3.05, 3.63) is 49.6 Å². The van der Waals surface area contributed by atoms with E-state index in [1.807, 2.05) is 0 Å². The van der Waals surface area contributed by atoms with Gasteiger partial charge in [-0.05, 0) is 40.2 Å². The summed E-state index contributed by atoms with van der Waals surface area (Å²) in [6.45, 7) is 0. The summed E-state index contributed by atoms with van der Waals surface area (Å²) >= 11 is 18.1. The maximum Gasteiger partial charge on any atom is 0.263 e. The van der Waals surface area contributed by atoms with Crippen LogP contribution in [-0.2, 0) is 10.0 Å². The molecule has 0 fully saturated rings. The van der Waals surface area contributed by atoms with Gasteiger partial charge in [-0.25, -0.2) is 13.4 Å². The van der Waals surface area contributed by atoms with Crippen LogP contribution in [0.15, 0.2) is 44.3 Å². The highest BCUT2D eigenvalue weighted by Crippen LogP contribution is 2.28. The van der Waals surface area contributed by atoms with Gasteiger partial charge in [0.2, 0.25) is 0 Å². The van der Waals surface area contributed by atoms with Crippen molar-refractivity contribution >= 4 is 70.8 Å². The number of pyridine rings is 1. The molecule has 4 nitrogen and oxygen atoms in total. The normalized spacial score (nSPS) is 11.4. The van der Waals surface area contributed by atoms with Gasteiger partial charge in [0.1, 0.15) is 10.0 Å². The van der Waals surface area contributed by atoms with E-state index in [-0.39, 0.29) is 20.8 Å². The van der Waals surface area contributed by atoms with E-state index in [1.165, 1.54) is 24.4 Å². The van der Waals surface area contributed by atoms with Gasteiger partial charge < -0.3 is 0 Å². The van der Waals surface area contributed by atoms with Gasteiger partial charge in [0.15, 0.2) is 0 Å². The van der Waals surface area contributed by atoms with E-state index in [2.05, 4.69) is 41.6 Å². The van der Waals surface area contributed by atoms with Crippen LogP contribution in [0.4, 0.5) is 5.69 Å². The minimum atomic E-state index is -3.80. The standard InChI is InChI=1S/C11H6Br2Cl2N2O2S/c12-6-1-2-10(9(14)3-6)20(18,19)17-7-4-8(13)11(15)16-5-7/h1-5,17H. The van der Waals surface area contributed by atoms with Crippen LogP contribution < -0.4 is 4.72 Å². The molecular formula is C11H6Br2Cl2N2O2S. The number of halogens is 4. The van der Waals surface area contributed by atoms with Crippen molar-refractivity contribution in [2.75, 3.05) is 4.72 Å². The van der Waals surface area contributed by atoms with Crippen molar-refractivity contribution < 1.29 is 8.42 Å². The SMILES string of the molecule is O=S(=O)(Nc1cnc(Cl)c(Br)c1)c1ccc(Br)cc1Cl. The monoisotopic (exact) mass is 458 g/mol. The van der Waals surface area contributed by atoms with Crippen molar-refractivity contribution in [1.82, 2.24) is 4.98 Å². The summed E-state index contributed by atoms with van der Waals surface area (Å²) in [4.78, 5) is 3.82. The fourth-order valence-corrected chi connectivity index (χ4v) is 3.91. The van der Waals surface area contributed by atoms with E-state index >= 15 is 0 Å². The number of hydrogen-bond acceptors (Lipinski definition) is 3. The summed E-state index contributed by atoms with van der Waals surface area (Å²) in [5.74, 6) is 0. The molecule has 0 amide bonds. The van der Waals surface area contributed by atoms with Gasteiger partial charge in [-0.3, -0.25) is 4.72 Å². The molecule has 2 rings (SSSR count). The molecule has 1 N–H and O–H groups in total. The minimum absolute atomic E-state index is 0.0200. The Kier molecular flexibility index (Phi) is 4.96. The summed E-state index contributed by atoms with van der Waals surface area (Å²) in [6, 6.07) is 6.02. The fourth-order valence-electron chi connectivity index (χ4n) is 1.38. The average molecular weight is 461 g/mol. The Morgan fingerprint density at radius 3 is 2.45 bits per heavy atom. The van der Waals surface area contributed by atoms with Crippen LogP contribution >= 0.6 is 55.1 Å². The topological polar surface area (TPSA) is 59.1 Å². The van der Waals surface area contributed by atoms with Crippen molar-refractivity contribution in [3.63, 3.8) is 0 Å². The maximum atomic E-state index is 12.2. The Hall–Kier alpha value is -0.340. The molecule has 106 valence electrons. The Labute approximate surface area is 142 Å². The first-order chi connectivity index (χ1) is 9.29. The molecule has 0 aliphatic carbocycles. The molecule has 0 spiro atoms. The van der Waals surface area contributed by atoms with Gasteiger partial charge in [0.05, 0.1) is 21.4 Å². The molecule has 1 aromatic heterocycles. The van der Waals surface area contributed by atoms with Gasteiger partial charge in [0.25, 0.3) is 10.0 Å². The molecule has 1 heterocycles. The highest BCUT2D eigenvalue weighted by atomic mass is 79.9. The van der Waals surface area contributed by atoms with E-state index in [1.54, 1.807) is 6.07 Å². The van der Waals surface area contributed by atoms with Gasteiger partial charge in [-0.15, -0.1) is 0 Å². The van der Waals surface area contributed by atoms with E-state index in [4.69, 9.17) is 23.2 Å². The van der Waals surface area contributed by atoms with E-state index in [9.17, 15) is 8.42 Å². The molecule has 0 saturated heterocycles. The highest BCUT2D eigenvalue weighted by Gasteiger charge is 2.18. The largest absolute Gasteiger partial charge is 0.278 e. The van der Waals surface area contributed by atoms with Crippen molar-refractivity contribution in [1.29, 1.82) is 0 Å². The van der Waals surface area contributed by atoms with Crippen molar-refractivity contribution in [2.45, 2.75) is 4.90 Å². The average Bonchev–Trinajstić information content (AvgIpc) is 2.33. The second kappa shape index (κ2) is 6.19. The maximum absolute atomic E-state index is 12.2. The van der Waals surface area contributed by atoms with E-state index in [0.717, 1.165) is 0 Å². The predicted octanol–water partition coefficient (Wildman–Crippen LogP) is 4.71. The van der Waals surface area contributed by atoms with Crippen LogP contribution in [0.25, 0.3) is 0 Å². The number of anilines is 1. The zero-order chi connectivity index (χ0) is 14.9. The summed E-state index contributed by atoms with van der Waals surface area (Å²) in [5, 5.41) is 0.363. The third-order valence-corrected chi connectivity index (χ3v) is 5.72. The van der Waals surface area contributed by atoms with Crippen molar-refractivity contribution in [3.8, 4) is 0 Å². The molecule has 0 bridgehead atoms. The first kappa shape index (κ1) is 16.0. The molecule has 1 aromatic carbocycles. The fraction of sp³-hybridized carbons (Fsp3) is 0. The van der Waals surface area contributed by atoms with Gasteiger partial charge >= 0.3 is 0 Å². The van der Waals surface area contributed by atoms with E-state index < -0.39 is 10.0 Å². The zero-order valence-electron chi connectivity index (χ0n) is 9.57. The number of hydrogen-bond donors (Lipinski definition) is 1. The summed E-state index contributed by atoms with van der Waals surface area (Å²) in [5.41, 5.74) is 0.278.